The molecule has 2 N–H and O–H groups in total. The van der Waals surface area contributed by atoms with Crippen LogP contribution in [0.1, 0.15) is 278 Å². The van der Waals surface area contributed by atoms with Crippen molar-refractivity contribution in [2.24, 2.45) is 0 Å². The molecule has 9 aromatic rings. The van der Waals surface area contributed by atoms with Gasteiger partial charge in [0.2, 0.25) is 0 Å². The summed E-state index contributed by atoms with van der Waals surface area (Å²) in [6.45, 7) is 56.3. The first kappa shape index (κ1) is 105. The van der Waals surface area contributed by atoms with Gasteiger partial charge in [-0.2, -0.15) is 0 Å². The van der Waals surface area contributed by atoms with Gasteiger partial charge in [-0.1, -0.05) is 504 Å². The summed E-state index contributed by atoms with van der Waals surface area (Å²) in [4.78, 5) is 2.22. The lowest BCUT2D eigenvalue weighted by Crippen LogP contribution is -2.35. The quantitative estimate of drug-likeness (QED) is 0.0428. The molecule has 0 saturated heterocycles. The maximum Gasteiger partial charge on any atom is 0.179 e. The lowest BCUT2D eigenvalue weighted by molar-refractivity contribution is -0.0416. The van der Waals surface area contributed by atoms with Crippen molar-refractivity contribution in [2.75, 3.05) is 38.0 Å². The number of benzene rings is 9. The minimum atomic E-state index is -1.46. The molecule has 0 spiro atoms. The largest absolute Gasteiger partial charge is 0.378 e. The van der Waals surface area contributed by atoms with Crippen molar-refractivity contribution in [3.63, 3.8) is 0 Å². The van der Waals surface area contributed by atoms with Gasteiger partial charge < -0.3 is 15.1 Å². The lowest BCUT2D eigenvalue weighted by Gasteiger charge is -2.48. The van der Waals surface area contributed by atoms with Gasteiger partial charge in [0.05, 0.1) is 0 Å². The van der Waals surface area contributed by atoms with E-state index >= 15 is 0 Å². The molecule has 4 aliphatic rings. The van der Waals surface area contributed by atoms with Crippen LogP contribution < -0.4 is 42.0 Å². The van der Waals surface area contributed by atoms with Crippen LogP contribution in [0, 0.1) is 0 Å². The highest BCUT2D eigenvalue weighted by molar-refractivity contribution is 7.80. The van der Waals surface area contributed by atoms with Gasteiger partial charge in [0.25, 0.3) is 0 Å². The zero-order chi connectivity index (χ0) is 89.5. The van der Waals surface area contributed by atoms with E-state index in [-0.39, 0.29) is 52.9 Å². The number of rotatable bonds is 21. The second kappa shape index (κ2) is 50.4. The average Bonchev–Trinajstić information content (AvgIpc) is 1.49. The van der Waals surface area contributed by atoms with Gasteiger partial charge >= 0.3 is 0 Å². The van der Waals surface area contributed by atoms with E-state index in [4.69, 9.17) is 0 Å². The lowest BCUT2D eigenvalue weighted by atomic mass is 9.86. The monoisotopic (exact) mass is 1770 g/mol. The van der Waals surface area contributed by atoms with Crippen LogP contribution in [0.25, 0.3) is 0 Å². The first-order valence-electron chi connectivity index (χ1n) is 46.5. The molecule has 4 aliphatic carbocycles. The molecule has 0 heterocycles. The molecule has 3 nitrogen and oxygen atoms in total. The normalized spacial score (nSPS) is 16.8. The second-order valence-electron chi connectivity index (χ2n) is 40.2. The highest BCUT2D eigenvalue weighted by Gasteiger charge is 2.72. The Kier molecular flexibility index (Phi) is 43.2. The van der Waals surface area contributed by atoms with Gasteiger partial charge in [-0.05, 0) is 194 Å². The maximum atomic E-state index is 9.71. The third-order valence-corrected chi connectivity index (χ3v) is 48.4. The van der Waals surface area contributed by atoms with E-state index < -0.39 is 14.2 Å². The standard InChI is InChI=1S/C24H33P.C20H32NP.C19H17O2P.C18H21P.C12H17P.C10H23P.C9H21P/c1-21(2,3)25(22(4,5)6)23(7)18-24(23,19-14-10-8-11-15-19)20-16-12-9-13-17-20;1-21(2)17-13-15-20(16-14-17)22(18-9-5-3-6-10-18)19-11-7-4-8-12-19;20-19(21)17-13-7-8-14-18(17)22(15-9-3-1-4-10-15)16-11-5-2-6-12-16;1-4-10-16(11-5-1)19(17-12-6-2-7-13-17)18-14-8-3-9-15-18;1-3-10-13(11-4-2)12-8-6-5-7-9-12;1-8(2)11(9(3)4)10(5,6)7;1-8(2,3)10(7)9(4,5)6/h8-17H,18H2,1-7H3;13-16,18-19H,3-12H2,1-2H3;1-14,19-21H;1-2,4-7,10-13,18H,3,8-9,14-15H2;3,5-9H,1,4,10-11H2,2H3;8-9H,1-7H3;1-7H3. The van der Waals surface area contributed by atoms with Crippen LogP contribution in [-0.4, -0.2) is 103 Å². The van der Waals surface area contributed by atoms with Gasteiger partial charge in [0, 0.05) is 35.9 Å². The number of hydrogen-bond donors (Lipinski definition) is 2. The van der Waals surface area contributed by atoms with Crippen molar-refractivity contribution in [2.45, 2.75) is 325 Å². The van der Waals surface area contributed by atoms with Crippen molar-refractivity contribution in [1.29, 1.82) is 0 Å². The van der Waals surface area contributed by atoms with Crippen molar-refractivity contribution in [3.8, 4) is 0 Å². The molecule has 0 radical (unpaired) electrons. The maximum absolute atomic E-state index is 9.71. The summed E-state index contributed by atoms with van der Waals surface area (Å²) >= 11 is 0. The number of hydrogen-bond acceptors (Lipinski definition) is 3. The Morgan fingerprint density at radius 1 is 0.410 bits per heavy atom. The number of aliphatic hydroxyl groups excluding tert-OH is 1. The van der Waals surface area contributed by atoms with Gasteiger partial charge in [-0.3, -0.25) is 0 Å². The Morgan fingerprint density at radius 3 is 1.05 bits per heavy atom. The molecule has 9 aromatic carbocycles. The molecular formula is C112H164NO2P7. The fourth-order valence-electron chi connectivity index (χ4n) is 20.1. The second-order valence-corrected chi connectivity index (χ2v) is 62.4. The van der Waals surface area contributed by atoms with Gasteiger partial charge in [-0.15, -0.1) is 6.58 Å². The molecule has 10 heteroatoms. The Morgan fingerprint density at radius 2 is 0.746 bits per heavy atom. The van der Waals surface area contributed by atoms with Gasteiger partial charge in [-0.25, -0.2) is 0 Å². The molecule has 0 aliphatic heterocycles. The topological polar surface area (TPSA) is 43.7 Å². The first-order chi connectivity index (χ1) is 57.8. The Balaban J connectivity index is 0.000000200. The summed E-state index contributed by atoms with van der Waals surface area (Å²) in [7, 11) is 3.48. The SMILES string of the molecule is C=CCP(CCC)c1ccccc1.CC(C)(C)P(C(C)(C)C)C1(C)CC1(c1ccccc1)c1ccccc1.CC(C)P(C(C)C)C(C)(C)C.CN(C)c1ccc(P(C2CCCCC2)C2CCCCC2)cc1.CP(C(C)(C)C)C(C)(C)C.OC(O)c1ccccc1P(c1ccccc1)c1ccccc1.c1ccc(P(c2ccccc2)C2CCCCC2)cc1. The zero-order valence-electron chi connectivity index (χ0n) is 80.5. The third-order valence-electron chi connectivity index (χ3n) is 24.7. The van der Waals surface area contributed by atoms with E-state index in [1.54, 1.807) is 22.0 Å². The summed E-state index contributed by atoms with van der Waals surface area (Å²) in [5.74, 6) is 0. The van der Waals surface area contributed by atoms with E-state index in [0.717, 1.165) is 39.8 Å². The van der Waals surface area contributed by atoms with Crippen LogP contribution in [0.15, 0.2) is 274 Å². The molecule has 2 unspecified atom stereocenters. The van der Waals surface area contributed by atoms with Gasteiger partial charge in [0.1, 0.15) is 0 Å². The van der Waals surface area contributed by atoms with Gasteiger partial charge in [0.15, 0.2) is 6.29 Å². The first-order valence-corrected chi connectivity index (χ1v) is 57.0. The predicted octanol–water partition coefficient (Wildman–Crippen LogP) is 30.8. The summed E-state index contributed by atoms with van der Waals surface area (Å²) in [5, 5.41) is 31.6. The number of nitrogens with zero attached hydrogens (tertiary/aromatic N) is 1. The Hall–Kier alpha value is -4.55. The molecule has 4 saturated carbocycles. The number of allylic oxidation sites excluding steroid dienone is 1. The molecule has 2 atom stereocenters. The van der Waals surface area contributed by atoms with Crippen molar-refractivity contribution in [3.05, 3.63) is 290 Å². The Labute approximate surface area is 756 Å². The van der Waals surface area contributed by atoms with Crippen LogP contribution in [0.2, 0.25) is 0 Å². The van der Waals surface area contributed by atoms with E-state index in [1.807, 2.05) is 60.7 Å². The van der Waals surface area contributed by atoms with Crippen molar-refractivity contribution in [1.82, 2.24) is 0 Å². The highest BCUT2D eigenvalue weighted by atomic mass is 31.1. The zero-order valence-corrected chi connectivity index (χ0v) is 86.7. The van der Waals surface area contributed by atoms with Crippen molar-refractivity contribution >= 4 is 98.3 Å². The average molecular weight is 1770 g/mol. The molecule has 122 heavy (non-hydrogen) atoms. The van der Waals surface area contributed by atoms with Crippen molar-refractivity contribution < 1.29 is 10.2 Å². The van der Waals surface area contributed by atoms with Crippen LogP contribution in [-0.2, 0) is 5.41 Å². The van der Waals surface area contributed by atoms with Crippen LogP contribution in [0.3, 0.4) is 0 Å². The summed E-state index contributed by atoms with van der Waals surface area (Å²) in [6, 6.07) is 93.2. The third kappa shape index (κ3) is 31.4. The molecule has 0 bridgehead atoms. The minimum Gasteiger partial charge on any atom is -0.378 e. The van der Waals surface area contributed by atoms with E-state index in [0.29, 0.717) is 36.5 Å². The van der Waals surface area contributed by atoms with E-state index in [9.17, 15) is 10.2 Å². The van der Waals surface area contributed by atoms with E-state index in [1.165, 1.54) is 148 Å². The highest BCUT2D eigenvalue weighted by Crippen LogP contribution is 2.83. The smallest absolute Gasteiger partial charge is 0.179 e. The molecule has 0 amide bonds. The number of aliphatic hydroxyl groups is 2. The summed E-state index contributed by atoms with van der Waals surface area (Å²) < 4.78 is 0. The molecule has 13 rings (SSSR count). The number of anilines is 1. The van der Waals surface area contributed by atoms with Crippen LogP contribution in [0.4, 0.5) is 5.69 Å². The Bertz CT molecular complexity index is 4130. The molecule has 4 fully saturated rings. The minimum absolute atomic E-state index is 0.0260. The molecule has 664 valence electrons. The molecule has 0 aromatic heterocycles. The summed E-state index contributed by atoms with van der Waals surface area (Å²) in [5.41, 5.74) is 9.68. The molecular weight excluding hydrogens is 1610 g/mol. The van der Waals surface area contributed by atoms with Crippen LogP contribution in [0.5, 0.6) is 0 Å². The fraction of sp³-hybridized carbons (Fsp3) is 0.500. The van der Waals surface area contributed by atoms with E-state index in [2.05, 4.69) is 378 Å². The van der Waals surface area contributed by atoms with Crippen LogP contribution >= 0.6 is 55.5 Å². The fourth-order valence-corrected chi connectivity index (χ4v) is 43.8. The summed E-state index contributed by atoms with van der Waals surface area (Å²) in [6.07, 6.45) is 27.6. The predicted molar refractivity (Wildman–Crippen MR) is 565 cm³/mol.